The fourth-order valence-electron chi connectivity index (χ4n) is 2.88. The summed E-state index contributed by atoms with van der Waals surface area (Å²) in [5.74, 6) is 0.155. The van der Waals surface area contributed by atoms with Gasteiger partial charge in [0.1, 0.15) is 0 Å². The number of rotatable bonds is 4. The van der Waals surface area contributed by atoms with Gasteiger partial charge in [0.2, 0.25) is 0 Å². The van der Waals surface area contributed by atoms with Gasteiger partial charge in [-0.15, -0.1) is 0 Å². The molecule has 2 rings (SSSR count). The van der Waals surface area contributed by atoms with Crippen LogP contribution in [0.4, 0.5) is 0 Å². The van der Waals surface area contributed by atoms with Crippen LogP contribution in [0.25, 0.3) is 0 Å². The number of carbonyl (C=O) groups excluding carboxylic acids is 1. The van der Waals surface area contributed by atoms with Gasteiger partial charge in [-0.25, -0.2) is 0 Å². The number of amides is 1. The SMILES string of the molecule is CCc1ccc(C(=O)N(C)C2CCN(CC)CC2)cc1. The number of aryl methyl sites for hydroxylation is 1. The van der Waals surface area contributed by atoms with Crippen LogP contribution < -0.4 is 0 Å². The summed E-state index contributed by atoms with van der Waals surface area (Å²) in [5, 5.41) is 0. The van der Waals surface area contributed by atoms with Crippen molar-refractivity contribution in [2.24, 2.45) is 0 Å². The summed E-state index contributed by atoms with van der Waals surface area (Å²) in [6, 6.07) is 8.41. The molecule has 0 aromatic heterocycles. The Morgan fingerprint density at radius 3 is 2.30 bits per heavy atom. The second kappa shape index (κ2) is 6.89. The van der Waals surface area contributed by atoms with E-state index in [1.54, 1.807) is 0 Å². The summed E-state index contributed by atoms with van der Waals surface area (Å²) in [7, 11) is 1.95. The first-order chi connectivity index (χ1) is 9.65. The summed E-state index contributed by atoms with van der Waals surface area (Å²) in [5.41, 5.74) is 2.09. The van der Waals surface area contributed by atoms with Gasteiger partial charge < -0.3 is 9.80 Å². The van der Waals surface area contributed by atoms with E-state index < -0.39 is 0 Å². The average Bonchev–Trinajstić information content (AvgIpc) is 2.53. The minimum absolute atomic E-state index is 0.155. The van der Waals surface area contributed by atoms with Crippen LogP contribution in [0.5, 0.6) is 0 Å². The summed E-state index contributed by atoms with van der Waals surface area (Å²) in [6.45, 7) is 7.65. The maximum atomic E-state index is 12.5. The van der Waals surface area contributed by atoms with Crippen LogP contribution in [0.3, 0.4) is 0 Å². The smallest absolute Gasteiger partial charge is 0.253 e. The lowest BCUT2D eigenvalue weighted by Crippen LogP contribution is -2.45. The summed E-state index contributed by atoms with van der Waals surface area (Å²) in [4.78, 5) is 16.9. The fourth-order valence-corrected chi connectivity index (χ4v) is 2.88. The lowest BCUT2D eigenvalue weighted by molar-refractivity contribution is 0.0647. The Hall–Kier alpha value is -1.35. The third-order valence-corrected chi connectivity index (χ3v) is 4.48. The van der Waals surface area contributed by atoms with Crippen molar-refractivity contribution >= 4 is 5.91 Å². The second-order valence-electron chi connectivity index (χ2n) is 5.63. The van der Waals surface area contributed by atoms with Crippen molar-refractivity contribution in [1.29, 1.82) is 0 Å². The van der Waals surface area contributed by atoms with E-state index in [9.17, 15) is 4.79 Å². The van der Waals surface area contributed by atoms with Crippen molar-refractivity contribution < 1.29 is 4.79 Å². The molecule has 0 aliphatic carbocycles. The molecule has 0 atom stereocenters. The summed E-state index contributed by atoms with van der Waals surface area (Å²) < 4.78 is 0. The van der Waals surface area contributed by atoms with Crippen LogP contribution in [0.15, 0.2) is 24.3 Å². The average molecular weight is 274 g/mol. The Labute approximate surface area is 122 Å². The molecule has 1 aromatic carbocycles. The Morgan fingerprint density at radius 1 is 1.20 bits per heavy atom. The topological polar surface area (TPSA) is 23.6 Å². The molecule has 3 heteroatoms. The molecule has 0 bridgehead atoms. The Balaban J connectivity index is 1.97. The third kappa shape index (κ3) is 3.40. The van der Waals surface area contributed by atoms with Gasteiger partial charge in [-0.3, -0.25) is 4.79 Å². The molecule has 0 saturated carbocycles. The highest BCUT2D eigenvalue weighted by Gasteiger charge is 2.25. The Morgan fingerprint density at radius 2 is 1.80 bits per heavy atom. The molecular weight excluding hydrogens is 248 g/mol. The zero-order chi connectivity index (χ0) is 14.5. The minimum Gasteiger partial charge on any atom is -0.339 e. The molecule has 1 aliphatic heterocycles. The summed E-state index contributed by atoms with van der Waals surface area (Å²) >= 11 is 0. The molecule has 0 radical (unpaired) electrons. The van der Waals surface area contributed by atoms with E-state index in [4.69, 9.17) is 0 Å². The van der Waals surface area contributed by atoms with Crippen LogP contribution in [0.1, 0.15) is 42.6 Å². The van der Waals surface area contributed by atoms with Gasteiger partial charge in [0, 0.05) is 31.7 Å². The van der Waals surface area contributed by atoms with Gasteiger partial charge in [-0.1, -0.05) is 26.0 Å². The number of hydrogen-bond donors (Lipinski definition) is 0. The van der Waals surface area contributed by atoms with E-state index in [1.807, 2.05) is 24.1 Å². The Kier molecular flexibility index (Phi) is 5.18. The van der Waals surface area contributed by atoms with Gasteiger partial charge in [0.15, 0.2) is 0 Å². The normalized spacial score (nSPS) is 17.1. The lowest BCUT2D eigenvalue weighted by Gasteiger charge is -2.36. The largest absolute Gasteiger partial charge is 0.339 e. The van der Waals surface area contributed by atoms with Crippen LogP contribution in [-0.2, 0) is 6.42 Å². The monoisotopic (exact) mass is 274 g/mol. The molecule has 1 aliphatic rings. The third-order valence-electron chi connectivity index (χ3n) is 4.48. The summed E-state index contributed by atoms with van der Waals surface area (Å²) in [6.07, 6.45) is 3.19. The van der Waals surface area contributed by atoms with Crippen molar-refractivity contribution in [2.45, 2.75) is 39.2 Å². The van der Waals surface area contributed by atoms with Gasteiger partial charge in [-0.2, -0.15) is 0 Å². The number of likely N-dealkylation sites (tertiary alicyclic amines) is 1. The Bertz CT molecular complexity index is 433. The molecule has 1 amide bonds. The number of benzene rings is 1. The molecule has 0 spiro atoms. The van der Waals surface area contributed by atoms with Crippen LogP contribution in [0.2, 0.25) is 0 Å². The van der Waals surface area contributed by atoms with Crippen LogP contribution in [-0.4, -0.2) is 48.4 Å². The van der Waals surface area contributed by atoms with Gasteiger partial charge >= 0.3 is 0 Å². The number of hydrogen-bond acceptors (Lipinski definition) is 2. The first kappa shape index (κ1) is 15.0. The maximum Gasteiger partial charge on any atom is 0.253 e. The number of piperidine rings is 1. The van der Waals surface area contributed by atoms with Gasteiger partial charge in [-0.05, 0) is 43.5 Å². The highest BCUT2D eigenvalue weighted by Crippen LogP contribution is 2.17. The molecule has 20 heavy (non-hydrogen) atoms. The van der Waals surface area contributed by atoms with Crippen molar-refractivity contribution in [3.63, 3.8) is 0 Å². The maximum absolute atomic E-state index is 12.5. The number of carbonyl (C=O) groups is 1. The van der Waals surface area contributed by atoms with E-state index in [0.29, 0.717) is 6.04 Å². The van der Waals surface area contributed by atoms with Gasteiger partial charge in [0.05, 0.1) is 0 Å². The van der Waals surface area contributed by atoms with Crippen LogP contribution >= 0.6 is 0 Å². The van der Waals surface area contributed by atoms with E-state index >= 15 is 0 Å². The molecule has 1 fully saturated rings. The van der Waals surface area contributed by atoms with E-state index in [2.05, 4.69) is 30.9 Å². The molecule has 1 heterocycles. The molecule has 110 valence electrons. The zero-order valence-corrected chi connectivity index (χ0v) is 12.9. The first-order valence-electron chi connectivity index (χ1n) is 7.74. The van der Waals surface area contributed by atoms with Crippen LogP contribution in [0, 0.1) is 0 Å². The van der Waals surface area contributed by atoms with E-state index in [1.165, 1.54) is 5.56 Å². The highest BCUT2D eigenvalue weighted by molar-refractivity contribution is 5.94. The quantitative estimate of drug-likeness (QED) is 0.843. The molecule has 0 N–H and O–H groups in total. The zero-order valence-electron chi connectivity index (χ0n) is 12.9. The minimum atomic E-state index is 0.155. The lowest BCUT2D eigenvalue weighted by atomic mass is 10.0. The highest BCUT2D eigenvalue weighted by atomic mass is 16.2. The van der Waals surface area contributed by atoms with Crippen molar-refractivity contribution in [2.75, 3.05) is 26.7 Å². The van der Waals surface area contributed by atoms with E-state index in [0.717, 1.165) is 44.5 Å². The second-order valence-corrected chi connectivity index (χ2v) is 5.63. The predicted octanol–water partition coefficient (Wildman–Crippen LogP) is 2.81. The molecule has 1 aromatic rings. The van der Waals surface area contributed by atoms with Crippen molar-refractivity contribution in [3.8, 4) is 0 Å². The molecule has 3 nitrogen and oxygen atoms in total. The van der Waals surface area contributed by atoms with Gasteiger partial charge in [0.25, 0.3) is 5.91 Å². The molecule has 0 unspecified atom stereocenters. The molecular formula is C17H26N2O. The standard InChI is InChI=1S/C17H26N2O/c1-4-14-6-8-15(9-7-14)17(20)18(3)16-10-12-19(5-2)13-11-16/h6-9,16H,4-5,10-13H2,1-3H3. The number of nitrogens with zero attached hydrogens (tertiary/aromatic N) is 2. The molecule has 1 saturated heterocycles. The first-order valence-corrected chi connectivity index (χ1v) is 7.74. The predicted molar refractivity (Wildman–Crippen MR) is 83.0 cm³/mol. The fraction of sp³-hybridized carbons (Fsp3) is 0.588. The van der Waals surface area contributed by atoms with Crippen molar-refractivity contribution in [1.82, 2.24) is 9.80 Å². The van der Waals surface area contributed by atoms with Crippen molar-refractivity contribution in [3.05, 3.63) is 35.4 Å². The van der Waals surface area contributed by atoms with E-state index in [-0.39, 0.29) is 5.91 Å².